The van der Waals surface area contributed by atoms with Gasteiger partial charge in [-0.3, -0.25) is 4.98 Å². The Morgan fingerprint density at radius 3 is 2.79 bits per heavy atom. The summed E-state index contributed by atoms with van der Waals surface area (Å²) >= 11 is 0. The maximum atomic E-state index is 13.6. The molecule has 0 aliphatic carbocycles. The molecule has 0 aliphatic rings. The third-order valence-corrected chi connectivity index (χ3v) is 3.02. The van der Waals surface area contributed by atoms with Crippen LogP contribution in [0.15, 0.2) is 42.7 Å². The lowest BCUT2D eigenvalue weighted by atomic mass is 10.1. The Morgan fingerprint density at radius 1 is 1.26 bits per heavy atom. The zero-order valence-corrected chi connectivity index (χ0v) is 10.7. The van der Waals surface area contributed by atoms with Gasteiger partial charge < -0.3 is 5.32 Å². The van der Waals surface area contributed by atoms with Crippen molar-refractivity contribution in [1.82, 2.24) is 10.3 Å². The maximum absolute atomic E-state index is 13.6. The number of hydrogen-bond acceptors (Lipinski definition) is 2. The van der Waals surface area contributed by atoms with Crippen molar-refractivity contribution in [2.24, 2.45) is 0 Å². The van der Waals surface area contributed by atoms with Gasteiger partial charge in [-0.2, -0.15) is 0 Å². The Hall–Kier alpha value is -1.81. The molecule has 1 N–H and O–H groups in total. The summed E-state index contributed by atoms with van der Waals surface area (Å²) in [5.41, 5.74) is 1.61. The molecule has 1 aromatic carbocycles. The smallest absolute Gasteiger partial charge is 0.130 e. The Balaban J connectivity index is 1.89. The monoisotopic (exact) mass is 262 g/mol. The molecule has 4 heteroatoms. The zero-order chi connectivity index (χ0) is 13.7. The lowest BCUT2D eigenvalue weighted by Crippen LogP contribution is -2.22. The first kappa shape index (κ1) is 13.6. The van der Waals surface area contributed by atoms with Crippen molar-refractivity contribution in [1.29, 1.82) is 0 Å². The Labute approximate surface area is 111 Å². The molecule has 0 saturated heterocycles. The average Bonchev–Trinajstić information content (AvgIpc) is 2.39. The number of benzene rings is 1. The molecule has 1 aromatic heterocycles. The van der Waals surface area contributed by atoms with Gasteiger partial charge in [0.15, 0.2) is 0 Å². The largest absolute Gasteiger partial charge is 0.310 e. The van der Waals surface area contributed by atoms with E-state index in [9.17, 15) is 8.78 Å². The minimum absolute atomic E-state index is 0.155. The van der Waals surface area contributed by atoms with Crippen LogP contribution in [0.5, 0.6) is 0 Å². The Bertz CT molecular complexity index is 529. The third kappa shape index (κ3) is 3.83. The van der Waals surface area contributed by atoms with Crippen LogP contribution >= 0.6 is 0 Å². The summed E-state index contributed by atoms with van der Waals surface area (Å²) in [5.74, 6) is -1.06. The number of halogens is 2. The highest BCUT2D eigenvalue weighted by Gasteiger charge is 2.10. The molecule has 19 heavy (non-hydrogen) atoms. The van der Waals surface area contributed by atoms with Crippen molar-refractivity contribution < 1.29 is 8.78 Å². The Morgan fingerprint density at radius 2 is 2.11 bits per heavy atom. The summed E-state index contributed by atoms with van der Waals surface area (Å²) in [6.07, 6.45) is 4.36. The van der Waals surface area contributed by atoms with E-state index in [1.807, 2.05) is 25.3 Å². The number of nitrogens with zero attached hydrogens (tertiary/aromatic N) is 1. The quantitative estimate of drug-likeness (QED) is 0.894. The predicted octanol–water partition coefficient (Wildman–Crippen LogP) is 3.25. The number of rotatable bonds is 5. The van der Waals surface area contributed by atoms with Gasteiger partial charge in [-0.15, -0.1) is 0 Å². The molecule has 2 aromatic rings. The fraction of sp³-hybridized carbons (Fsp3) is 0.267. The summed E-state index contributed by atoms with van der Waals surface area (Å²) in [6.45, 7) is 2.57. The van der Waals surface area contributed by atoms with Gasteiger partial charge in [0, 0.05) is 30.1 Å². The van der Waals surface area contributed by atoms with E-state index in [2.05, 4.69) is 10.3 Å². The second-order valence-electron chi connectivity index (χ2n) is 4.45. The van der Waals surface area contributed by atoms with E-state index in [1.165, 1.54) is 12.1 Å². The molecule has 0 aliphatic heterocycles. The fourth-order valence-corrected chi connectivity index (χ4v) is 1.94. The van der Waals surface area contributed by atoms with E-state index in [-0.39, 0.29) is 6.04 Å². The molecule has 2 rings (SSSR count). The van der Waals surface area contributed by atoms with Gasteiger partial charge in [-0.25, -0.2) is 8.78 Å². The summed E-state index contributed by atoms with van der Waals surface area (Å²) in [5, 5.41) is 3.22. The summed E-state index contributed by atoms with van der Waals surface area (Å²) < 4.78 is 26.4. The van der Waals surface area contributed by atoms with E-state index in [4.69, 9.17) is 0 Å². The summed E-state index contributed by atoms with van der Waals surface area (Å²) in [6, 6.07) is 7.40. The molecule has 0 spiro atoms. The molecule has 0 radical (unpaired) electrons. The van der Waals surface area contributed by atoms with Crippen LogP contribution in [0.25, 0.3) is 0 Å². The fourth-order valence-electron chi connectivity index (χ4n) is 1.94. The lowest BCUT2D eigenvalue weighted by Gasteiger charge is -2.15. The van der Waals surface area contributed by atoms with Gasteiger partial charge in [0.1, 0.15) is 11.6 Å². The highest BCUT2D eigenvalue weighted by atomic mass is 19.1. The molecular weight excluding hydrogens is 246 g/mol. The van der Waals surface area contributed by atoms with Crippen LogP contribution in [0, 0.1) is 11.6 Å². The number of pyridine rings is 1. The molecule has 0 fully saturated rings. The molecule has 2 nitrogen and oxygen atoms in total. The van der Waals surface area contributed by atoms with Crippen molar-refractivity contribution in [2.75, 3.05) is 6.54 Å². The van der Waals surface area contributed by atoms with E-state index in [0.29, 0.717) is 12.1 Å². The third-order valence-electron chi connectivity index (χ3n) is 3.02. The standard InChI is InChI=1S/C15H16F2N2/c1-11(14-5-4-13(16)9-15(14)17)19-8-6-12-3-2-7-18-10-12/h2-5,7,9-11,19H,6,8H2,1H3. The van der Waals surface area contributed by atoms with Gasteiger partial charge in [0.25, 0.3) is 0 Å². The number of nitrogens with one attached hydrogen (secondary N) is 1. The van der Waals surface area contributed by atoms with Crippen molar-refractivity contribution in [3.63, 3.8) is 0 Å². The SMILES string of the molecule is CC(NCCc1cccnc1)c1ccc(F)cc1F. The number of aromatic nitrogens is 1. The molecule has 1 atom stereocenters. The molecular formula is C15H16F2N2. The molecule has 0 saturated carbocycles. The van der Waals surface area contributed by atoms with Crippen molar-refractivity contribution in [3.8, 4) is 0 Å². The van der Waals surface area contributed by atoms with Crippen molar-refractivity contribution in [2.45, 2.75) is 19.4 Å². The van der Waals surface area contributed by atoms with Crippen molar-refractivity contribution in [3.05, 3.63) is 65.5 Å². The van der Waals surface area contributed by atoms with Crippen LogP contribution in [0.1, 0.15) is 24.1 Å². The molecule has 1 unspecified atom stereocenters. The van der Waals surface area contributed by atoms with Crippen LogP contribution in [-0.4, -0.2) is 11.5 Å². The summed E-state index contributed by atoms with van der Waals surface area (Å²) in [4.78, 5) is 4.03. The topological polar surface area (TPSA) is 24.9 Å². The van der Waals surface area contributed by atoms with Crippen molar-refractivity contribution >= 4 is 0 Å². The minimum atomic E-state index is -0.552. The lowest BCUT2D eigenvalue weighted by molar-refractivity contribution is 0.520. The van der Waals surface area contributed by atoms with Gasteiger partial charge in [-0.05, 0) is 37.6 Å². The molecule has 1 heterocycles. The van der Waals surface area contributed by atoms with Gasteiger partial charge in [0.2, 0.25) is 0 Å². The predicted molar refractivity (Wildman–Crippen MR) is 70.7 cm³/mol. The van der Waals surface area contributed by atoms with Crippen LogP contribution in [0.4, 0.5) is 8.78 Å². The highest BCUT2D eigenvalue weighted by molar-refractivity contribution is 5.21. The summed E-state index contributed by atoms with van der Waals surface area (Å²) in [7, 11) is 0. The van der Waals surface area contributed by atoms with E-state index >= 15 is 0 Å². The highest BCUT2D eigenvalue weighted by Crippen LogP contribution is 2.17. The van der Waals surface area contributed by atoms with Gasteiger partial charge in [0.05, 0.1) is 0 Å². The zero-order valence-electron chi connectivity index (χ0n) is 10.7. The maximum Gasteiger partial charge on any atom is 0.130 e. The van der Waals surface area contributed by atoms with Crippen LogP contribution in [0.2, 0.25) is 0 Å². The van der Waals surface area contributed by atoms with Crippen LogP contribution < -0.4 is 5.32 Å². The first-order chi connectivity index (χ1) is 9.16. The Kier molecular flexibility index (Phi) is 4.58. The van der Waals surface area contributed by atoms with Gasteiger partial charge in [-0.1, -0.05) is 12.1 Å². The average molecular weight is 262 g/mol. The van der Waals surface area contributed by atoms with Crippen LogP contribution in [-0.2, 0) is 6.42 Å². The van der Waals surface area contributed by atoms with Gasteiger partial charge >= 0.3 is 0 Å². The normalized spacial score (nSPS) is 12.4. The first-order valence-corrected chi connectivity index (χ1v) is 6.24. The second kappa shape index (κ2) is 6.38. The molecule has 100 valence electrons. The molecule has 0 amide bonds. The van der Waals surface area contributed by atoms with E-state index in [0.717, 1.165) is 18.1 Å². The van der Waals surface area contributed by atoms with E-state index in [1.54, 1.807) is 6.20 Å². The van der Waals surface area contributed by atoms with E-state index < -0.39 is 11.6 Å². The number of hydrogen-bond donors (Lipinski definition) is 1. The molecule has 0 bridgehead atoms. The first-order valence-electron chi connectivity index (χ1n) is 6.24. The minimum Gasteiger partial charge on any atom is -0.310 e. The second-order valence-corrected chi connectivity index (χ2v) is 4.45. The van der Waals surface area contributed by atoms with Crippen LogP contribution in [0.3, 0.4) is 0 Å².